The molecule has 5 heteroatoms. The second-order valence-electron chi connectivity index (χ2n) is 14.0. The van der Waals surface area contributed by atoms with Crippen molar-refractivity contribution in [3.05, 3.63) is 206 Å². The summed E-state index contributed by atoms with van der Waals surface area (Å²) in [5, 5.41) is 7.85. The molecule has 0 radical (unpaired) electrons. The van der Waals surface area contributed by atoms with Gasteiger partial charge in [0.2, 0.25) is 5.78 Å². The third kappa shape index (κ3) is 4.33. The van der Waals surface area contributed by atoms with Gasteiger partial charge >= 0.3 is 0 Å². The van der Waals surface area contributed by atoms with Crippen molar-refractivity contribution in [3.63, 3.8) is 0 Å². The maximum atomic E-state index is 5.57. The molecule has 0 fully saturated rings. The van der Waals surface area contributed by atoms with Gasteiger partial charge in [-0.15, -0.1) is 0 Å². The van der Waals surface area contributed by atoms with Crippen LogP contribution in [0.25, 0.3) is 61.0 Å². The van der Waals surface area contributed by atoms with Crippen LogP contribution in [0.1, 0.15) is 0 Å². The Morgan fingerprint density at radius 2 is 0.833 bits per heavy atom. The lowest BCUT2D eigenvalue weighted by Crippen LogP contribution is -2.74. The van der Waals surface area contributed by atoms with Gasteiger partial charge in [0.15, 0.2) is 8.07 Å². The molecule has 11 aromatic rings. The molecule has 3 heterocycles. The number of benzene rings is 8. The van der Waals surface area contributed by atoms with Gasteiger partial charge in [-0.2, -0.15) is 0 Å². The Morgan fingerprint density at radius 3 is 1.41 bits per heavy atom. The summed E-state index contributed by atoms with van der Waals surface area (Å²) >= 11 is 0. The van der Waals surface area contributed by atoms with Gasteiger partial charge in [0.1, 0.15) is 5.52 Å². The molecule has 0 aliphatic rings. The molecule has 8 aromatic carbocycles. The first-order chi connectivity index (χ1) is 26.8. The number of nitrogens with zero attached hydrogens (tertiary/aromatic N) is 4. The topological polar surface area (TPSA) is 27.2 Å². The molecule has 54 heavy (non-hydrogen) atoms. The highest BCUT2D eigenvalue weighted by Crippen LogP contribution is 2.38. The van der Waals surface area contributed by atoms with E-state index in [1.807, 2.05) is 0 Å². The van der Waals surface area contributed by atoms with Gasteiger partial charge in [-0.05, 0) is 75.3 Å². The van der Waals surface area contributed by atoms with Gasteiger partial charge in [-0.3, -0.25) is 8.97 Å². The van der Waals surface area contributed by atoms with Crippen molar-refractivity contribution in [1.29, 1.82) is 0 Å². The number of aromatic nitrogens is 4. The summed E-state index contributed by atoms with van der Waals surface area (Å²) < 4.78 is 7.04. The van der Waals surface area contributed by atoms with Crippen molar-refractivity contribution >= 4 is 78.5 Å². The Balaban J connectivity index is 1.28. The fraction of sp³-hybridized carbons (Fsp3) is 0. The molecule has 0 saturated heterocycles. The Labute approximate surface area is 313 Å². The van der Waals surface area contributed by atoms with Crippen LogP contribution in [0.2, 0.25) is 0 Å². The zero-order chi connectivity index (χ0) is 35.6. The first-order valence-corrected chi connectivity index (χ1v) is 20.5. The Morgan fingerprint density at radius 1 is 0.352 bits per heavy atom. The smallest absolute Gasteiger partial charge is 0.220 e. The third-order valence-corrected chi connectivity index (χ3v) is 16.0. The van der Waals surface area contributed by atoms with E-state index >= 15 is 0 Å². The van der Waals surface area contributed by atoms with Crippen molar-refractivity contribution in [2.75, 3.05) is 0 Å². The van der Waals surface area contributed by atoms with Crippen LogP contribution in [0.15, 0.2) is 206 Å². The highest BCUT2D eigenvalue weighted by atomic mass is 28.3. The lowest BCUT2D eigenvalue weighted by atomic mass is 10.1. The molecule has 254 valence electrons. The van der Waals surface area contributed by atoms with E-state index in [-0.39, 0.29) is 0 Å². The second kappa shape index (κ2) is 12.1. The normalized spacial score (nSPS) is 12.1. The molecule has 3 aromatic heterocycles. The molecule has 0 N–H and O–H groups in total. The number of rotatable bonds is 6. The highest BCUT2D eigenvalue weighted by Gasteiger charge is 2.41. The van der Waals surface area contributed by atoms with Crippen LogP contribution in [0, 0.1) is 0 Å². The van der Waals surface area contributed by atoms with Crippen molar-refractivity contribution in [2.45, 2.75) is 0 Å². The quantitative estimate of drug-likeness (QED) is 0.125. The maximum Gasteiger partial charge on any atom is 0.220 e. The zero-order valence-electron chi connectivity index (χ0n) is 29.4. The van der Waals surface area contributed by atoms with Gasteiger partial charge in [0, 0.05) is 22.1 Å². The van der Waals surface area contributed by atoms with E-state index < -0.39 is 8.07 Å². The Bertz CT molecular complexity index is 3030. The molecule has 0 aliphatic heterocycles. The van der Waals surface area contributed by atoms with E-state index in [2.05, 4.69) is 220 Å². The summed E-state index contributed by atoms with van der Waals surface area (Å²) in [5.41, 5.74) is 8.82. The fourth-order valence-corrected chi connectivity index (χ4v) is 13.7. The van der Waals surface area contributed by atoms with Gasteiger partial charge in [0.05, 0.1) is 27.6 Å². The van der Waals surface area contributed by atoms with E-state index in [1.165, 1.54) is 31.5 Å². The molecule has 0 bridgehead atoms. The van der Waals surface area contributed by atoms with Crippen LogP contribution in [-0.4, -0.2) is 26.6 Å². The predicted molar refractivity (Wildman–Crippen MR) is 227 cm³/mol. The number of para-hydroxylation sites is 4. The first kappa shape index (κ1) is 30.7. The van der Waals surface area contributed by atoms with Gasteiger partial charge in [-0.1, -0.05) is 152 Å². The summed E-state index contributed by atoms with van der Waals surface area (Å²) in [5.74, 6) is 0.902. The summed E-state index contributed by atoms with van der Waals surface area (Å²) in [6, 6.07) is 75.3. The van der Waals surface area contributed by atoms with Crippen LogP contribution in [0.5, 0.6) is 0 Å². The monoisotopic (exact) mass is 706 g/mol. The number of fused-ring (bicyclic) bond motifs is 9. The molecule has 0 unspecified atom stereocenters. The Hall–Kier alpha value is -6.95. The van der Waals surface area contributed by atoms with Gasteiger partial charge < -0.3 is 4.57 Å². The highest BCUT2D eigenvalue weighted by molar-refractivity contribution is 7.20. The lowest BCUT2D eigenvalue weighted by Gasteiger charge is -2.34. The summed E-state index contributed by atoms with van der Waals surface area (Å²) in [7, 11) is -2.75. The minimum absolute atomic E-state index is 0.902. The largest absolute Gasteiger partial charge is 0.307 e. The molecule has 0 atom stereocenters. The SMILES string of the molecule is c1ccc(-n2c3ccc([Si](c4ccccc4)(c4ccccc4)c4ccccc4)cc3c3ccc4c(nc5n(-c6ccccc6)c6ccccc6n45)c32)cc1. The van der Waals surface area contributed by atoms with Crippen LogP contribution in [0.3, 0.4) is 0 Å². The van der Waals surface area contributed by atoms with Gasteiger partial charge in [-0.25, -0.2) is 4.98 Å². The maximum absolute atomic E-state index is 5.57. The lowest BCUT2D eigenvalue weighted by molar-refractivity contribution is 1.11. The van der Waals surface area contributed by atoms with E-state index in [9.17, 15) is 0 Å². The third-order valence-electron chi connectivity index (χ3n) is 11.2. The number of hydrogen-bond acceptors (Lipinski definition) is 1. The Kier molecular flexibility index (Phi) is 6.84. The van der Waals surface area contributed by atoms with E-state index in [0.29, 0.717) is 0 Å². The van der Waals surface area contributed by atoms with Crippen molar-refractivity contribution in [1.82, 2.24) is 18.5 Å². The number of hydrogen-bond donors (Lipinski definition) is 0. The van der Waals surface area contributed by atoms with E-state index in [1.54, 1.807) is 0 Å². The predicted octanol–water partition coefficient (Wildman–Crippen LogP) is 8.91. The van der Waals surface area contributed by atoms with E-state index in [4.69, 9.17) is 4.98 Å². The molecular formula is C49H34N4Si. The molecule has 0 spiro atoms. The summed E-state index contributed by atoms with van der Waals surface area (Å²) in [6.45, 7) is 0. The molecule has 0 amide bonds. The zero-order valence-corrected chi connectivity index (χ0v) is 30.4. The minimum Gasteiger partial charge on any atom is -0.307 e. The molecule has 0 saturated carbocycles. The fourth-order valence-electron chi connectivity index (χ4n) is 8.94. The second-order valence-corrected chi connectivity index (χ2v) is 17.8. The average molecular weight is 707 g/mol. The van der Waals surface area contributed by atoms with Gasteiger partial charge in [0.25, 0.3) is 0 Å². The molecular weight excluding hydrogens is 673 g/mol. The number of imidazole rings is 2. The molecule has 11 rings (SSSR count). The summed E-state index contributed by atoms with van der Waals surface area (Å²) in [4.78, 5) is 5.57. The van der Waals surface area contributed by atoms with Crippen molar-refractivity contribution < 1.29 is 0 Å². The van der Waals surface area contributed by atoms with Crippen LogP contribution < -0.4 is 20.7 Å². The van der Waals surface area contributed by atoms with Crippen LogP contribution in [-0.2, 0) is 0 Å². The minimum atomic E-state index is -2.75. The van der Waals surface area contributed by atoms with Crippen molar-refractivity contribution in [2.24, 2.45) is 0 Å². The van der Waals surface area contributed by atoms with Crippen molar-refractivity contribution in [3.8, 4) is 11.4 Å². The first-order valence-electron chi connectivity index (χ1n) is 18.5. The summed E-state index contributed by atoms with van der Waals surface area (Å²) in [6.07, 6.45) is 0. The molecule has 4 nitrogen and oxygen atoms in total. The standard InChI is InChI=1S/C49H34N4Si/c1-6-18-35(19-7-1)51-43-32-30-40(54(37-22-10-3-11-23-37,38-24-12-4-13-25-38)39-26-14-5-15-27-39)34-42(43)41-31-33-46-47(48(41)51)50-49-52(36-20-8-2-9-21-36)44-28-16-17-29-45(44)53(46)49/h1-34H. The van der Waals surface area contributed by atoms with E-state index in [0.717, 1.165) is 50.3 Å². The van der Waals surface area contributed by atoms with Crippen LogP contribution in [0.4, 0.5) is 0 Å². The van der Waals surface area contributed by atoms with Crippen LogP contribution >= 0.6 is 0 Å². The molecule has 0 aliphatic carbocycles. The average Bonchev–Trinajstić information content (AvgIpc) is 3.90.